The highest BCUT2D eigenvalue weighted by Gasteiger charge is 2.38. The molecule has 1 aliphatic heterocycles. The molecular weight excluding hydrogens is 403 g/mol. The van der Waals surface area contributed by atoms with E-state index in [4.69, 9.17) is 0 Å². The van der Waals surface area contributed by atoms with Gasteiger partial charge in [-0.1, -0.05) is 6.92 Å². The number of guanidine groups is 1. The van der Waals surface area contributed by atoms with E-state index < -0.39 is 0 Å². The minimum absolute atomic E-state index is 0. The standard InChI is InChI=1S/C16H28N6.HI/c1-12-10-22(14-4-5-14)11-15(12)20-16(17-3)19-7-9-21-8-6-18-13(21)2;/h6,8,12,14-15H,4-5,7,9-11H2,1-3H3,(H2,17,19,20);1H. The van der Waals surface area contributed by atoms with Crippen LogP contribution in [0.5, 0.6) is 0 Å². The van der Waals surface area contributed by atoms with Crippen molar-refractivity contribution in [1.82, 2.24) is 25.1 Å². The van der Waals surface area contributed by atoms with E-state index in [2.05, 4.69) is 37.0 Å². The lowest BCUT2D eigenvalue weighted by atomic mass is 10.1. The lowest BCUT2D eigenvalue weighted by Crippen LogP contribution is -2.47. The van der Waals surface area contributed by atoms with Crippen molar-refractivity contribution in [3.05, 3.63) is 18.2 Å². The van der Waals surface area contributed by atoms with Crippen LogP contribution in [0.1, 0.15) is 25.6 Å². The SMILES string of the molecule is CN=C(NCCn1ccnc1C)NC1CN(C2CC2)CC1C.I. The molecule has 1 aliphatic carbocycles. The molecule has 23 heavy (non-hydrogen) atoms. The van der Waals surface area contributed by atoms with Crippen LogP contribution in [0, 0.1) is 12.8 Å². The van der Waals surface area contributed by atoms with Gasteiger partial charge in [0.2, 0.25) is 0 Å². The number of nitrogens with one attached hydrogen (secondary N) is 2. The first kappa shape index (κ1) is 18.5. The number of hydrogen-bond acceptors (Lipinski definition) is 3. The molecular formula is C16H29IN6. The number of rotatable bonds is 5. The first-order valence-corrected chi connectivity index (χ1v) is 8.36. The Morgan fingerprint density at radius 3 is 2.78 bits per heavy atom. The van der Waals surface area contributed by atoms with Crippen molar-refractivity contribution in [2.75, 3.05) is 26.7 Å². The first-order chi connectivity index (χ1) is 10.7. The number of nitrogens with zero attached hydrogens (tertiary/aromatic N) is 4. The van der Waals surface area contributed by atoms with Gasteiger partial charge in [0.25, 0.3) is 0 Å². The van der Waals surface area contributed by atoms with E-state index in [0.717, 1.165) is 37.5 Å². The Kier molecular flexibility index (Phi) is 6.70. The quantitative estimate of drug-likeness (QED) is 0.420. The van der Waals surface area contributed by atoms with Gasteiger partial charge in [-0.15, -0.1) is 24.0 Å². The van der Waals surface area contributed by atoms with E-state index in [0.29, 0.717) is 12.0 Å². The topological polar surface area (TPSA) is 57.5 Å². The summed E-state index contributed by atoms with van der Waals surface area (Å²) in [4.78, 5) is 11.2. The second-order valence-electron chi connectivity index (χ2n) is 6.58. The summed E-state index contributed by atoms with van der Waals surface area (Å²) < 4.78 is 2.15. The summed E-state index contributed by atoms with van der Waals surface area (Å²) in [6.45, 7) is 8.48. The van der Waals surface area contributed by atoms with E-state index in [1.54, 1.807) is 0 Å². The Labute approximate surface area is 156 Å². The molecule has 0 aromatic carbocycles. The molecule has 0 radical (unpaired) electrons. The Morgan fingerprint density at radius 1 is 1.39 bits per heavy atom. The second-order valence-corrected chi connectivity index (χ2v) is 6.58. The van der Waals surface area contributed by atoms with E-state index in [1.165, 1.54) is 19.4 Å². The number of likely N-dealkylation sites (tertiary alicyclic amines) is 1. The van der Waals surface area contributed by atoms with Gasteiger partial charge < -0.3 is 15.2 Å². The molecule has 2 unspecified atom stereocenters. The number of aliphatic imine (C=N–C) groups is 1. The zero-order valence-corrected chi connectivity index (χ0v) is 16.7. The predicted molar refractivity (Wildman–Crippen MR) is 104 cm³/mol. The average molecular weight is 432 g/mol. The van der Waals surface area contributed by atoms with E-state index in [9.17, 15) is 0 Å². The van der Waals surface area contributed by atoms with Crippen LogP contribution < -0.4 is 10.6 Å². The predicted octanol–water partition coefficient (Wildman–Crippen LogP) is 1.46. The highest BCUT2D eigenvalue weighted by molar-refractivity contribution is 14.0. The minimum atomic E-state index is 0. The summed E-state index contributed by atoms with van der Waals surface area (Å²) in [6, 6.07) is 1.36. The van der Waals surface area contributed by atoms with Crippen molar-refractivity contribution < 1.29 is 0 Å². The van der Waals surface area contributed by atoms with Gasteiger partial charge in [0.05, 0.1) is 0 Å². The maximum atomic E-state index is 4.36. The van der Waals surface area contributed by atoms with Crippen molar-refractivity contribution in [3.63, 3.8) is 0 Å². The fourth-order valence-corrected chi connectivity index (χ4v) is 3.24. The van der Waals surface area contributed by atoms with Crippen molar-refractivity contribution in [2.45, 2.75) is 45.3 Å². The number of hydrogen-bond donors (Lipinski definition) is 2. The third-order valence-electron chi connectivity index (χ3n) is 4.82. The maximum Gasteiger partial charge on any atom is 0.191 e. The highest BCUT2D eigenvalue weighted by Crippen LogP contribution is 2.31. The van der Waals surface area contributed by atoms with Crippen LogP contribution in [0.4, 0.5) is 0 Å². The molecule has 2 aliphatic rings. The Hall–Kier alpha value is -0.830. The number of imidazole rings is 1. The molecule has 2 atom stereocenters. The zero-order chi connectivity index (χ0) is 15.5. The Balaban J connectivity index is 0.00000192. The molecule has 2 fully saturated rings. The average Bonchev–Trinajstić information content (AvgIpc) is 3.19. The maximum absolute atomic E-state index is 4.36. The van der Waals surface area contributed by atoms with Gasteiger partial charge >= 0.3 is 0 Å². The summed E-state index contributed by atoms with van der Waals surface area (Å²) in [6.07, 6.45) is 6.63. The molecule has 3 rings (SSSR count). The van der Waals surface area contributed by atoms with Crippen molar-refractivity contribution in [1.29, 1.82) is 0 Å². The van der Waals surface area contributed by atoms with Gasteiger partial charge in [-0.25, -0.2) is 4.98 Å². The van der Waals surface area contributed by atoms with Gasteiger partial charge in [0, 0.05) is 57.7 Å². The van der Waals surface area contributed by atoms with Crippen LogP contribution in [-0.4, -0.2) is 59.2 Å². The van der Waals surface area contributed by atoms with Crippen LogP contribution in [0.2, 0.25) is 0 Å². The number of aromatic nitrogens is 2. The van der Waals surface area contributed by atoms with Crippen LogP contribution >= 0.6 is 24.0 Å². The van der Waals surface area contributed by atoms with Crippen LogP contribution in [-0.2, 0) is 6.54 Å². The summed E-state index contributed by atoms with van der Waals surface area (Å²) in [5, 5.41) is 7.01. The van der Waals surface area contributed by atoms with Crippen molar-refractivity contribution >= 4 is 29.9 Å². The molecule has 1 saturated carbocycles. The van der Waals surface area contributed by atoms with Crippen molar-refractivity contribution in [2.24, 2.45) is 10.9 Å². The fraction of sp³-hybridized carbons (Fsp3) is 0.750. The fourth-order valence-electron chi connectivity index (χ4n) is 3.24. The van der Waals surface area contributed by atoms with Gasteiger partial charge in [-0.2, -0.15) is 0 Å². The monoisotopic (exact) mass is 432 g/mol. The van der Waals surface area contributed by atoms with Crippen molar-refractivity contribution in [3.8, 4) is 0 Å². The molecule has 1 aromatic heterocycles. The minimum Gasteiger partial charge on any atom is -0.355 e. The van der Waals surface area contributed by atoms with Gasteiger partial charge in [-0.3, -0.25) is 9.89 Å². The normalized spacial score (nSPS) is 25.3. The third-order valence-corrected chi connectivity index (χ3v) is 4.82. The summed E-state index contributed by atoms with van der Waals surface area (Å²) >= 11 is 0. The van der Waals surface area contributed by atoms with Crippen LogP contribution in [0.25, 0.3) is 0 Å². The Bertz CT molecular complexity index is 524. The zero-order valence-electron chi connectivity index (χ0n) is 14.3. The molecule has 0 spiro atoms. The molecule has 0 bridgehead atoms. The number of halogens is 1. The smallest absolute Gasteiger partial charge is 0.191 e. The van der Waals surface area contributed by atoms with Gasteiger partial charge in [-0.05, 0) is 25.7 Å². The molecule has 2 heterocycles. The Morgan fingerprint density at radius 2 is 2.17 bits per heavy atom. The molecule has 2 N–H and O–H groups in total. The lowest BCUT2D eigenvalue weighted by molar-refractivity contribution is 0.315. The van der Waals surface area contributed by atoms with E-state index >= 15 is 0 Å². The van der Waals surface area contributed by atoms with Crippen LogP contribution in [0.15, 0.2) is 17.4 Å². The van der Waals surface area contributed by atoms with E-state index in [-0.39, 0.29) is 24.0 Å². The molecule has 1 aromatic rings. The molecule has 1 saturated heterocycles. The summed E-state index contributed by atoms with van der Waals surface area (Å²) in [5.74, 6) is 2.64. The first-order valence-electron chi connectivity index (χ1n) is 8.36. The van der Waals surface area contributed by atoms with Gasteiger partial charge in [0.15, 0.2) is 5.96 Å². The lowest BCUT2D eigenvalue weighted by Gasteiger charge is -2.20. The second kappa shape index (κ2) is 8.32. The third kappa shape index (κ3) is 4.82. The largest absolute Gasteiger partial charge is 0.355 e. The van der Waals surface area contributed by atoms with Crippen LogP contribution in [0.3, 0.4) is 0 Å². The van der Waals surface area contributed by atoms with Gasteiger partial charge in [0.1, 0.15) is 5.82 Å². The summed E-state index contributed by atoms with van der Waals surface area (Å²) in [5.41, 5.74) is 0. The number of aryl methyl sites for hydroxylation is 1. The molecule has 130 valence electrons. The van der Waals surface area contributed by atoms with E-state index in [1.807, 2.05) is 26.4 Å². The molecule has 7 heteroatoms. The molecule has 0 amide bonds. The summed E-state index contributed by atoms with van der Waals surface area (Å²) in [7, 11) is 1.84. The highest BCUT2D eigenvalue weighted by atomic mass is 127. The molecule has 6 nitrogen and oxygen atoms in total.